The molecule has 1 fully saturated rings. The van der Waals surface area contributed by atoms with Gasteiger partial charge >= 0.3 is 6.03 Å². The van der Waals surface area contributed by atoms with Crippen LogP contribution >= 0.6 is 0 Å². The standard InChI is InChI=1S/C19H22N4O/c24-19(21-11-17-7-8-20-12-22-17)23-18-15-5-6-16(18)10-14-4-2-1-3-13(14)9-15/h1-4,7-8,12,15-16,18H,5-6,9-11H2,(H2,21,23,24). The van der Waals surface area contributed by atoms with Gasteiger partial charge in [-0.3, -0.25) is 0 Å². The van der Waals surface area contributed by atoms with Gasteiger partial charge in [-0.05, 0) is 54.7 Å². The number of rotatable bonds is 3. The Morgan fingerprint density at radius 3 is 2.42 bits per heavy atom. The first-order valence-electron chi connectivity index (χ1n) is 8.65. The van der Waals surface area contributed by atoms with E-state index >= 15 is 0 Å². The van der Waals surface area contributed by atoms with Crippen molar-refractivity contribution in [3.8, 4) is 0 Å². The third kappa shape index (κ3) is 3.11. The number of hydrogen-bond acceptors (Lipinski definition) is 3. The van der Waals surface area contributed by atoms with Crippen molar-refractivity contribution in [2.45, 2.75) is 38.3 Å². The van der Waals surface area contributed by atoms with Crippen molar-refractivity contribution in [1.29, 1.82) is 0 Å². The molecule has 0 aliphatic heterocycles. The number of benzene rings is 1. The van der Waals surface area contributed by atoms with Gasteiger partial charge in [0.15, 0.2) is 0 Å². The first-order chi connectivity index (χ1) is 11.8. The zero-order chi connectivity index (χ0) is 16.4. The summed E-state index contributed by atoms with van der Waals surface area (Å²) in [5.41, 5.74) is 3.73. The van der Waals surface area contributed by atoms with Crippen LogP contribution in [-0.4, -0.2) is 22.0 Å². The van der Waals surface area contributed by atoms with Gasteiger partial charge in [0.2, 0.25) is 0 Å². The molecular formula is C19H22N4O. The fourth-order valence-electron chi connectivity index (χ4n) is 4.18. The minimum Gasteiger partial charge on any atom is -0.335 e. The molecule has 1 heterocycles. The summed E-state index contributed by atoms with van der Waals surface area (Å²) in [5, 5.41) is 6.15. The van der Waals surface area contributed by atoms with Gasteiger partial charge in [-0.1, -0.05) is 24.3 Å². The number of fused-ring (bicyclic) bond motifs is 3. The van der Waals surface area contributed by atoms with Gasteiger partial charge in [-0.2, -0.15) is 0 Å². The number of aromatic nitrogens is 2. The first-order valence-corrected chi connectivity index (χ1v) is 8.65. The topological polar surface area (TPSA) is 66.9 Å². The van der Waals surface area contributed by atoms with E-state index in [1.54, 1.807) is 6.20 Å². The molecule has 2 N–H and O–H groups in total. The van der Waals surface area contributed by atoms with E-state index in [1.807, 2.05) is 6.07 Å². The Bertz CT molecular complexity index is 685. The highest BCUT2D eigenvalue weighted by Crippen LogP contribution is 2.39. The number of nitrogens with one attached hydrogen (secondary N) is 2. The van der Waals surface area contributed by atoms with Crippen LogP contribution in [0.5, 0.6) is 0 Å². The fraction of sp³-hybridized carbons (Fsp3) is 0.421. The summed E-state index contributed by atoms with van der Waals surface area (Å²) in [7, 11) is 0. The Hall–Kier alpha value is -2.43. The highest BCUT2D eigenvalue weighted by molar-refractivity contribution is 5.74. The van der Waals surface area contributed by atoms with Gasteiger partial charge in [0.25, 0.3) is 0 Å². The van der Waals surface area contributed by atoms with Crippen LogP contribution in [0.4, 0.5) is 4.79 Å². The molecule has 1 aromatic carbocycles. The Kier molecular flexibility index (Phi) is 4.15. The average Bonchev–Trinajstić information content (AvgIpc) is 2.88. The summed E-state index contributed by atoms with van der Waals surface area (Å²) in [6.07, 6.45) is 7.74. The molecule has 4 rings (SSSR count). The average molecular weight is 322 g/mol. The summed E-state index contributed by atoms with van der Waals surface area (Å²) in [5.74, 6) is 1.09. The molecule has 124 valence electrons. The number of carbonyl (C=O) groups excluding carboxylic acids is 1. The number of nitrogens with zero attached hydrogens (tertiary/aromatic N) is 2. The lowest BCUT2D eigenvalue weighted by molar-refractivity contribution is 0.228. The predicted molar refractivity (Wildman–Crippen MR) is 91.3 cm³/mol. The third-order valence-corrected chi connectivity index (χ3v) is 5.38. The van der Waals surface area contributed by atoms with Crippen molar-refractivity contribution in [2.75, 3.05) is 0 Å². The van der Waals surface area contributed by atoms with Crippen LogP contribution < -0.4 is 10.6 Å². The van der Waals surface area contributed by atoms with E-state index < -0.39 is 0 Å². The van der Waals surface area contributed by atoms with Crippen LogP contribution in [0.25, 0.3) is 0 Å². The van der Waals surface area contributed by atoms with Crippen molar-refractivity contribution < 1.29 is 4.79 Å². The zero-order valence-corrected chi connectivity index (χ0v) is 13.6. The van der Waals surface area contributed by atoms with Crippen LogP contribution in [0.15, 0.2) is 42.9 Å². The van der Waals surface area contributed by atoms with Gasteiger partial charge in [0, 0.05) is 12.2 Å². The van der Waals surface area contributed by atoms with E-state index in [9.17, 15) is 4.79 Å². The van der Waals surface area contributed by atoms with Gasteiger partial charge in [0.1, 0.15) is 6.33 Å². The van der Waals surface area contributed by atoms with Crippen LogP contribution in [0.2, 0.25) is 0 Å². The van der Waals surface area contributed by atoms with Crippen molar-refractivity contribution in [3.63, 3.8) is 0 Å². The molecule has 2 bridgehead atoms. The normalized spacial score (nSPS) is 24.8. The van der Waals surface area contributed by atoms with E-state index in [0.29, 0.717) is 18.4 Å². The van der Waals surface area contributed by atoms with Crippen LogP contribution in [0.1, 0.15) is 29.7 Å². The molecule has 2 aliphatic carbocycles. The SMILES string of the molecule is O=C(NCc1ccncn1)NC1C2CCC1Cc1ccccc1C2. The fourth-order valence-corrected chi connectivity index (χ4v) is 4.18. The molecule has 0 spiro atoms. The molecule has 2 aliphatic rings. The van der Waals surface area contributed by atoms with Gasteiger partial charge in [0.05, 0.1) is 12.2 Å². The Balaban J connectivity index is 1.39. The van der Waals surface area contributed by atoms with Gasteiger partial charge in [-0.15, -0.1) is 0 Å². The second-order valence-electron chi connectivity index (χ2n) is 6.83. The molecule has 24 heavy (non-hydrogen) atoms. The van der Waals surface area contributed by atoms with Crippen LogP contribution in [-0.2, 0) is 19.4 Å². The largest absolute Gasteiger partial charge is 0.335 e. The Morgan fingerprint density at radius 1 is 1.08 bits per heavy atom. The van der Waals surface area contributed by atoms with E-state index in [-0.39, 0.29) is 12.1 Å². The maximum atomic E-state index is 12.3. The summed E-state index contributed by atoms with van der Waals surface area (Å²) >= 11 is 0. The van der Waals surface area contributed by atoms with E-state index in [1.165, 1.54) is 30.3 Å². The molecule has 5 heteroatoms. The monoisotopic (exact) mass is 322 g/mol. The predicted octanol–water partition coefficient (Wildman–Crippen LogP) is 2.47. The molecule has 2 aromatic rings. The lowest BCUT2D eigenvalue weighted by Gasteiger charge is -2.23. The third-order valence-electron chi connectivity index (χ3n) is 5.38. The molecule has 1 aromatic heterocycles. The second-order valence-corrected chi connectivity index (χ2v) is 6.83. The van der Waals surface area contributed by atoms with Crippen LogP contribution in [0.3, 0.4) is 0 Å². The number of urea groups is 1. The Labute approximate surface area is 141 Å². The number of hydrogen-bond donors (Lipinski definition) is 2. The number of carbonyl (C=O) groups is 1. The van der Waals surface area contributed by atoms with Crippen molar-refractivity contribution >= 4 is 6.03 Å². The molecule has 2 amide bonds. The van der Waals surface area contributed by atoms with E-state index in [0.717, 1.165) is 18.5 Å². The molecule has 1 saturated carbocycles. The molecule has 2 atom stereocenters. The first kappa shape index (κ1) is 15.1. The lowest BCUT2D eigenvalue weighted by atomic mass is 9.94. The Morgan fingerprint density at radius 2 is 1.79 bits per heavy atom. The van der Waals surface area contributed by atoms with Crippen LogP contribution in [0, 0.1) is 11.8 Å². The maximum Gasteiger partial charge on any atom is 0.315 e. The van der Waals surface area contributed by atoms with Gasteiger partial charge in [-0.25, -0.2) is 14.8 Å². The van der Waals surface area contributed by atoms with E-state index in [2.05, 4.69) is 44.9 Å². The lowest BCUT2D eigenvalue weighted by Crippen LogP contribution is -2.46. The summed E-state index contributed by atoms with van der Waals surface area (Å²) in [6, 6.07) is 10.7. The maximum absolute atomic E-state index is 12.3. The molecule has 0 saturated heterocycles. The quantitative estimate of drug-likeness (QED) is 0.912. The van der Waals surface area contributed by atoms with Gasteiger partial charge < -0.3 is 10.6 Å². The summed E-state index contributed by atoms with van der Waals surface area (Å²) in [6.45, 7) is 0.427. The highest BCUT2D eigenvalue weighted by Gasteiger charge is 2.39. The summed E-state index contributed by atoms with van der Waals surface area (Å²) < 4.78 is 0. The minimum absolute atomic E-state index is 0.0959. The molecule has 0 radical (unpaired) electrons. The van der Waals surface area contributed by atoms with E-state index in [4.69, 9.17) is 0 Å². The molecular weight excluding hydrogens is 300 g/mol. The number of amides is 2. The molecule has 5 nitrogen and oxygen atoms in total. The second kappa shape index (κ2) is 6.59. The summed E-state index contributed by atoms with van der Waals surface area (Å²) in [4.78, 5) is 20.3. The van der Waals surface area contributed by atoms with Crippen molar-refractivity contribution in [1.82, 2.24) is 20.6 Å². The zero-order valence-electron chi connectivity index (χ0n) is 13.6. The highest BCUT2D eigenvalue weighted by atomic mass is 16.2. The molecule has 2 unspecified atom stereocenters. The minimum atomic E-state index is -0.0959. The smallest absolute Gasteiger partial charge is 0.315 e. The van der Waals surface area contributed by atoms with Crippen molar-refractivity contribution in [3.05, 3.63) is 59.7 Å². The van der Waals surface area contributed by atoms with Crippen molar-refractivity contribution in [2.24, 2.45) is 11.8 Å².